The van der Waals surface area contributed by atoms with Crippen molar-refractivity contribution in [2.45, 2.75) is 44.0 Å². The van der Waals surface area contributed by atoms with Gasteiger partial charge in [0.15, 0.2) is 0 Å². The lowest BCUT2D eigenvalue weighted by Crippen LogP contribution is -2.52. The fourth-order valence-electron chi connectivity index (χ4n) is 3.12. The molecule has 2 rings (SSSR count). The summed E-state index contributed by atoms with van der Waals surface area (Å²) in [6, 6.07) is 2.78. The highest BCUT2D eigenvalue weighted by atomic mass is 32.2. The number of amides is 1. The number of hydrogen-bond acceptors (Lipinski definition) is 4. The van der Waals surface area contributed by atoms with Crippen LogP contribution in [-0.2, 0) is 10.0 Å². The Morgan fingerprint density at radius 2 is 2.22 bits per heavy atom. The Balaban J connectivity index is 2.29. The number of sulfonamides is 1. The van der Waals surface area contributed by atoms with Gasteiger partial charge in [-0.2, -0.15) is 0 Å². The van der Waals surface area contributed by atoms with Crippen molar-refractivity contribution >= 4 is 15.9 Å². The average molecular weight is 337 g/mol. The van der Waals surface area contributed by atoms with Gasteiger partial charge in [-0.15, -0.1) is 6.58 Å². The normalized spacial score (nSPS) is 21.0. The van der Waals surface area contributed by atoms with Gasteiger partial charge in [0.25, 0.3) is 5.91 Å². The van der Waals surface area contributed by atoms with E-state index in [1.807, 2.05) is 11.0 Å². The first-order chi connectivity index (χ1) is 10.7. The SMILES string of the molecule is C=CCC1N(C(=O)c2ccc(S(N)(=O)=O)cn2)CCCC1(C)C. The molecule has 23 heavy (non-hydrogen) atoms. The quantitative estimate of drug-likeness (QED) is 0.850. The predicted molar refractivity (Wildman–Crippen MR) is 88.3 cm³/mol. The van der Waals surface area contributed by atoms with Gasteiger partial charge in [-0.25, -0.2) is 18.5 Å². The van der Waals surface area contributed by atoms with Gasteiger partial charge in [0.1, 0.15) is 10.6 Å². The van der Waals surface area contributed by atoms with Crippen LogP contribution in [0, 0.1) is 5.41 Å². The Labute approximate surface area is 137 Å². The molecule has 1 aromatic rings. The summed E-state index contributed by atoms with van der Waals surface area (Å²) in [6.07, 6.45) is 5.65. The molecule has 0 aromatic carbocycles. The van der Waals surface area contributed by atoms with Crippen LogP contribution in [0.2, 0.25) is 0 Å². The molecular formula is C16H23N3O3S. The molecule has 2 heterocycles. The first-order valence-electron chi connectivity index (χ1n) is 7.57. The number of nitrogens with zero attached hydrogens (tertiary/aromatic N) is 2. The van der Waals surface area contributed by atoms with Crippen LogP contribution in [0.5, 0.6) is 0 Å². The standard InChI is InChI=1S/C16H23N3O3S/c1-4-6-14-16(2,3)9-5-10-19(14)15(20)13-8-7-12(11-18-13)23(17,21)22/h4,7-8,11,14H,1,5-6,9-10H2,2-3H3,(H2,17,21,22). The number of aromatic nitrogens is 1. The Kier molecular flexibility index (Phi) is 4.91. The molecular weight excluding hydrogens is 314 g/mol. The minimum atomic E-state index is -3.81. The molecule has 1 aliphatic heterocycles. The zero-order valence-corrected chi connectivity index (χ0v) is 14.3. The zero-order chi connectivity index (χ0) is 17.3. The number of carbonyl (C=O) groups excluding carboxylic acids is 1. The Morgan fingerprint density at radius 3 is 2.74 bits per heavy atom. The number of primary sulfonamides is 1. The highest BCUT2D eigenvalue weighted by Gasteiger charge is 2.39. The molecule has 0 spiro atoms. The van der Waals surface area contributed by atoms with E-state index in [0.29, 0.717) is 13.0 Å². The third-order valence-corrected chi connectivity index (χ3v) is 5.33. The van der Waals surface area contributed by atoms with E-state index in [0.717, 1.165) is 19.0 Å². The molecule has 2 N–H and O–H groups in total. The summed E-state index contributed by atoms with van der Waals surface area (Å²) in [7, 11) is -3.81. The average Bonchev–Trinajstić information content (AvgIpc) is 2.48. The van der Waals surface area contributed by atoms with Crippen LogP contribution in [0.4, 0.5) is 0 Å². The summed E-state index contributed by atoms with van der Waals surface area (Å²) in [6.45, 7) is 8.76. The van der Waals surface area contributed by atoms with Crippen LogP contribution in [0.3, 0.4) is 0 Å². The largest absolute Gasteiger partial charge is 0.333 e. The van der Waals surface area contributed by atoms with Gasteiger partial charge >= 0.3 is 0 Å². The second-order valence-corrected chi connectivity index (χ2v) is 8.12. The summed E-state index contributed by atoms with van der Waals surface area (Å²) in [5, 5.41) is 5.05. The summed E-state index contributed by atoms with van der Waals surface area (Å²) in [4.78, 5) is 18.5. The highest BCUT2D eigenvalue weighted by Crippen LogP contribution is 2.37. The van der Waals surface area contributed by atoms with Crippen molar-refractivity contribution in [3.63, 3.8) is 0 Å². The van der Waals surface area contributed by atoms with E-state index in [2.05, 4.69) is 25.4 Å². The Bertz CT molecular complexity index is 696. The molecule has 0 saturated carbocycles. The van der Waals surface area contributed by atoms with Gasteiger partial charge < -0.3 is 4.90 Å². The summed E-state index contributed by atoms with van der Waals surface area (Å²) in [5.41, 5.74) is 0.229. The van der Waals surface area contributed by atoms with Crippen molar-refractivity contribution in [3.8, 4) is 0 Å². The molecule has 1 aromatic heterocycles. The monoisotopic (exact) mass is 337 g/mol. The lowest BCUT2D eigenvalue weighted by molar-refractivity contribution is 0.0282. The van der Waals surface area contributed by atoms with E-state index >= 15 is 0 Å². The fourth-order valence-corrected chi connectivity index (χ4v) is 3.58. The van der Waals surface area contributed by atoms with Crippen LogP contribution in [0.1, 0.15) is 43.6 Å². The van der Waals surface area contributed by atoms with Gasteiger partial charge in [0.2, 0.25) is 10.0 Å². The molecule has 7 heteroatoms. The van der Waals surface area contributed by atoms with Crippen molar-refractivity contribution in [2.24, 2.45) is 10.6 Å². The molecule has 0 radical (unpaired) electrons. The van der Waals surface area contributed by atoms with Crippen LogP contribution >= 0.6 is 0 Å². The number of hydrogen-bond donors (Lipinski definition) is 1. The van der Waals surface area contributed by atoms with Gasteiger partial charge in [-0.05, 0) is 36.8 Å². The van der Waals surface area contributed by atoms with E-state index in [1.54, 1.807) is 0 Å². The van der Waals surface area contributed by atoms with Crippen molar-refractivity contribution in [1.29, 1.82) is 0 Å². The maximum Gasteiger partial charge on any atom is 0.272 e. The fraction of sp³-hybridized carbons (Fsp3) is 0.500. The predicted octanol–water partition coefficient (Wildman–Crippen LogP) is 1.94. The number of carbonyl (C=O) groups is 1. The number of rotatable bonds is 4. The lowest BCUT2D eigenvalue weighted by atomic mass is 9.75. The van der Waals surface area contributed by atoms with Crippen LogP contribution in [-0.4, -0.2) is 36.8 Å². The zero-order valence-electron chi connectivity index (χ0n) is 13.5. The molecule has 1 aliphatic rings. The smallest absolute Gasteiger partial charge is 0.272 e. The van der Waals surface area contributed by atoms with E-state index < -0.39 is 10.0 Å². The van der Waals surface area contributed by atoms with Crippen LogP contribution in [0.25, 0.3) is 0 Å². The minimum absolute atomic E-state index is 0.00262. The van der Waals surface area contributed by atoms with E-state index in [-0.39, 0.29) is 28.0 Å². The third-order valence-electron chi connectivity index (χ3n) is 4.43. The highest BCUT2D eigenvalue weighted by molar-refractivity contribution is 7.89. The maximum absolute atomic E-state index is 12.8. The number of pyridine rings is 1. The van der Waals surface area contributed by atoms with Crippen molar-refractivity contribution in [1.82, 2.24) is 9.88 Å². The van der Waals surface area contributed by atoms with Gasteiger partial charge in [-0.1, -0.05) is 19.9 Å². The van der Waals surface area contributed by atoms with E-state index in [1.165, 1.54) is 12.1 Å². The molecule has 1 fully saturated rings. The third kappa shape index (κ3) is 3.79. The minimum Gasteiger partial charge on any atom is -0.333 e. The second-order valence-electron chi connectivity index (χ2n) is 6.56. The first kappa shape index (κ1) is 17.6. The molecule has 0 bridgehead atoms. The topological polar surface area (TPSA) is 93.4 Å². The lowest BCUT2D eigenvalue weighted by Gasteiger charge is -2.46. The van der Waals surface area contributed by atoms with E-state index in [4.69, 9.17) is 5.14 Å². The number of likely N-dealkylation sites (tertiary alicyclic amines) is 1. The molecule has 6 nitrogen and oxygen atoms in total. The van der Waals surface area contributed by atoms with Gasteiger partial charge in [0.05, 0.1) is 0 Å². The van der Waals surface area contributed by atoms with Gasteiger partial charge in [-0.3, -0.25) is 4.79 Å². The molecule has 1 atom stereocenters. The molecule has 1 saturated heterocycles. The maximum atomic E-state index is 12.8. The van der Waals surface area contributed by atoms with Crippen molar-refractivity contribution < 1.29 is 13.2 Å². The summed E-state index contributed by atoms with van der Waals surface area (Å²) >= 11 is 0. The molecule has 1 unspecified atom stereocenters. The van der Waals surface area contributed by atoms with Crippen molar-refractivity contribution in [3.05, 3.63) is 36.7 Å². The van der Waals surface area contributed by atoms with Crippen LogP contribution in [0.15, 0.2) is 35.9 Å². The molecule has 0 aliphatic carbocycles. The Hall–Kier alpha value is -1.73. The van der Waals surface area contributed by atoms with Crippen LogP contribution < -0.4 is 5.14 Å². The second kappa shape index (κ2) is 6.41. The van der Waals surface area contributed by atoms with E-state index in [9.17, 15) is 13.2 Å². The Morgan fingerprint density at radius 1 is 1.52 bits per heavy atom. The molecule has 126 valence electrons. The number of nitrogens with two attached hydrogens (primary N) is 1. The first-order valence-corrected chi connectivity index (χ1v) is 9.12. The molecule has 1 amide bonds. The number of piperidine rings is 1. The van der Waals surface area contributed by atoms with Gasteiger partial charge in [0, 0.05) is 18.8 Å². The summed E-state index contributed by atoms with van der Waals surface area (Å²) in [5.74, 6) is -0.189. The summed E-state index contributed by atoms with van der Waals surface area (Å²) < 4.78 is 22.5. The van der Waals surface area contributed by atoms with Crippen molar-refractivity contribution in [2.75, 3.05) is 6.54 Å².